The summed E-state index contributed by atoms with van der Waals surface area (Å²) in [6, 6.07) is 14.9. The van der Waals surface area contributed by atoms with Crippen LogP contribution in [0.5, 0.6) is 0 Å². The van der Waals surface area contributed by atoms with Crippen molar-refractivity contribution >= 4 is 33.0 Å². The summed E-state index contributed by atoms with van der Waals surface area (Å²) in [6.45, 7) is -0.598. The predicted octanol–water partition coefficient (Wildman–Crippen LogP) is 5.14. The molecule has 0 radical (unpaired) electrons. The van der Waals surface area contributed by atoms with Crippen LogP contribution in [0.1, 0.15) is 33.6 Å². The van der Waals surface area contributed by atoms with Crippen LogP contribution in [0.2, 0.25) is 0 Å². The van der Waals surface area contributed by atoms with Gasteiger partial charge in [0.2, 0.25) is 5.91 Å². The monoisotopic (exact) mass is 619 g/mol. The van der Waals surface area contributed by atoms with Crippen molar-refractivity contribution in [2.45, 2.75) is 23.8 Å². The first-order valence-electron chi connectivity index (χ1n) is 12.7. The zero-order chi connectivity index (χ0) is 30.1. The highest BCUT2D eigenvalue weighted by Crippen LogP contribution is 2.45. The molecule has 0 bridgehead atoms. The quantitative estimate of drug-likeness (QED) is 0.226. The normalized spacial score (nSPS) is 18.8. The molecule has 1 atom stereocenters. The highest BCUT2D eigenvalue weighted by Gasteiger charge is 2.50. The Bertz CT molecular complexity index is 1700. The van der Waals surface area contributed by atoms with E-state index in [1.165, 1.54) is 24.0 Å². The summed E-state index contributed by atoms with van der Waals surface area (Å²) in [6.07, 6.45) is -2.81. The molecule has 1 aliphatic heterocycles. The van der Waals surface area contributed by atoms with Crippen molar-refractivity contribution in [3.63, 3.8) is 0 Å². The fraction of sp³-hybridized carbons (Fsp3) is 0.250. The first kappa shape index (κ1) is 29.5. The van der Waals surface area contributed by atoms with E-state index in [-0.39, 0.29) is 19.5 Å². The standard InChI is InChI=1S/C28H24F3N3O6S2/c29-28(30,31)21-4-2-1-3-20(21)26(36)34-12-11-27(15-25(35)33-37,42(38,39)14-13-34)24-10-9-23(41-24)19-7-5-18(6-8-19)22-16-32-17-40-22/h1-10,16-17,37H,11-15H2,(H,33,35). The lowest BCUT2D eigenvalue weighted by molar-refractivity contribution is -0.138. The van der Waals surface area contributed by atoms with Crippen molar-refractivity contribution < 1.29 is 40.8 Å². The fourth-order valence-electron chi connectivity index (χ4n) is 5.05. The number of benzene rings is 2. The van der Waals surface area contributed by atoms with Gasteiger partial charge >= 0.3 is 6.18 Å². The van der Waals surface area contributed by atoms with Crippen LogP contribution < -0.4 is 5.48 Å². The van der Waals surface area contributed by atoms with Crippen LogP contribution in [-0.2, 0) is 25.6 Å². The zero-order valence-corrected chi connectivity index (χ0v) is 23.4. The van der Waals surface area contributed by atoms with E-state index in [1.807, 2.05) is 24.3 Å². The van der Waals surface area contributed by atoms with Gasteiger partial charge in [-0.05, 0) is 36.2 Å². The lowest BCUT2D eigenvalue weighted by Gasteiger charge is -2.30. The second-order valence-corrected chi connectivity index (χ2v) is 13.2. The largest absolute Gasteiger partial charge is 0.444 e. The Kier molecular flexibility index (Phi) is 7.96. The number of halogens is 3. The number of carbonyl (C=O) groups excluding carboxylic acids is 2. The molecule has 9 nitrogen and oxygen atoms in total. The molecule has 5 rings (SSSR count). The molecule has 2 N–H and O–H groups in total. The number of rotatable bonds is 6. The second-order valence-electron chi connectivity index (χ2n) is 9.72. The van der Waals surface area contributed by atoms with Crippen LogP contribution in [0, 0.1) is 0 Å². The number of nitrogens with one attached hydrogen (secondary N) is 1. The minimum Gasteiger partial charge on any atom is -0.444 e. The van der Waals surface area contributed by atoms with Crippen molar-refractivity contribution in [1.82, 2.24) is 15.4 Å². The van der Waals surface area contributed by atoms with Crippen LogP contribution >= 0.6 is 11.3 Å². The number of hydrogen-bond acceptors (Lipinski definition) is 8. The van der Waals surface area contributed by atoms with Gasteiger partial charge in [0.05, 0.1) is 29.5 Å². The van der Waals surface area contributed by atoms with Gasteiger partial charge in [-0.3, -0.25) is 14.8 Å². The van der Waals surface area contributed by atoms with Gasteiger partial charge in [-0.1, -0.05) is 36.4 Å². The maximum absolute atomic E-state index is 13.8. The van der Waals surface area contributed by atoms with Crippen molar-refractivity contribution in [2.75, 3.05) is 18.8 Å². The van der Waals surface area contributed by atoms with Gasteiger partial charge in [-0.2, -0.15) is 13.2 Å². The minimum atomic E-state index is -4.78. The Morgan fingerprint density at radius 3 is 2.43 bits per heavy atom. The molecule has 4 aromatic rings. The SMILES string of the molecule is O=C(CC1(c2ccc(-c3ccc(-c4cnco4)cc3)s2)CCN(C(=O)c2ccccc2C(F)(F)F)CCS1(=O)=O)NO. The minimum absolute atomic E-state index is 0.234. The Morgan fingerprint density at radius 2 is 1.76 bits per heavy atom. The first-order chi connectivity index (χ1) is 19.9. The Morgan fingerprint density at radius 1 is 1.05 bits per heavy atom. The number of alkyl halides is 3. The lowest BCUT2D eigenvalue weighted by atomic mass is 9.96. The van der Waals surface area contributed by atoms with Gasteiger partial charge in [0, 0.05) is 28.4 Å². The maximum Gasteiger partial charge on any atom is 0.417 e. The van der Waals surface area contributed by atoms with E-state index in [0.29, 0.717) is 15.5 Å². The van der Waals surface area contributed by atoms with Gasteiger partial charge < -0.3 is 9.32 Å². The number of thiophene rings is 1. The number of nitrogens with zero attached hydrogens (tertiary/aromatic N) is 2. The van der Waals surface area contributed by atoms with Crippen molar-refractivity contribution in [1.29, 1.82) is 0 Å². The molecule has 220 valence electrons. The van der Waals surface area contributed by atoms with Crippen LogP contribution in [0.25, 0.3) is 21.8 Å². The first-order valence-corrected chi connectivity index (χ1v) is 15.1. The summed E-state index contributed by atoms with van der Waals surface area (Å²) in [7, 11) is -4.17. The zero-order valence-electron chi connectivity index (χ0n) is 21.8. The molecular formula is C28H24F3N3O6S2. The Labute approximate surface area is 242 Å². The Hall–Kier alpha value is -4.01. The van der Waals surface area contributed by atoms with E-state index in [0.717, 1.165) is 39.5 Å². The van der Waals surface area contributed by atoms with Gasteiger partial charge in [-0.25, -0.2) is 18.9 Å². The molecule has 0 aliphatic carbocycles. The second kappa shape index (κ2) is 11.3. The predicted molar refractivity (Wildman–Crippen MR) is 147 cm³/mol. The summed E-state index contributed by atoms with van der Waals surface area (Å²) < 4.78 is 72.0. The van der Waals surface area contributed by atoms with Crippen LogP contribution in [0.4, 0.5) is 13.2 Å². The third-order valence-electron chi connectivity index (χ3n) is 7.27. The highest BCUT2D eigenvalue weighted by molar-refractivity contribution is 7.92. The molecule has 1 fully saturated rings. The summed E-state index contributed by atoms with van der Waals surface area (Å²) in [4.78, 5) is 31.7. The number of amides is 2. The molecule has 42 heavy (non-hydrogen) atoms. The molecular weight excluding hydrogens is 595 g/mol. The van der Waals surface area contributed by atoms with Gasteiger partial charge in [0.15, 0.2) is 22.0 Å². The number of hydrogen-bond donors (Lipinski definition) is 2. The number of carbonyl (C=O) groups is 2. The van der Waals surface area contributed by atoms with Crippen molar-refractivity contribution in [2.24, 2.45) is 0 Å². The summed E-state index contributed by atoms with van der Waals surface area (Å²) in [5.41, 5.74) is 1.33. The summed E-state index contributed by atoms with van der Waals surface area (Å²) >= 11 is 1.14. The third-order valence-corrected chi connectivity index (χ3v) is 11.2. The third kappa shape index (κ3) is 5.56. The van der Waals surface area contributed by atoms with E-state index in [4.69, 9.17) is 4.42 Å². The van der Waals surface area contributed by atoms with Crippen molar-refractivity contribution in [3.05, 3.63) is 89.3 Å². The van der Waals surface area contributed by atoms with Crippen LogP contribution in [0.15, 0.2) is 77.7 Å². The van der Waals surface area contributed by atoms with Gasteiger partial charge in [0.1, 0.15) is 4.75 Å². The number of oxazole rings is 1. The van der Waals surface area contributed by atoms with Crippen LogP contribution in [-0.4, -0.2) is 54.2 Å². The average molecular weight is 620 g/mol. The lowest BCUT2D eigenvalue weighted by Crippen LogP contribution is -2.41. The van der Waals surface area contributed by atoms with E-state index in [2.05, 4.69) is 4.98 Å². The highest BCUT2D eigenvalue weighted by atomic mass is 32.2. The molecule has 2 amide bonds. The topological polar surface area (TPSA) is 130 Å². The summed E-state index contributed by atoms with van der Waals surface area (Å²) in [5, 5.41) is 9.28. The molecule has 2 aromatic heterocycles. The Balaban J connectivity index is 1.49. The molecule has 14 heteroatoms. The molecule has 0 spiro atoms. The summed E-state index contributed by atoms with van der Waals surface area (Å²) in [5.74, 6) is -1.93. The molecule has 3 heterocycles. The van der Waals surface area contributed by atoms with E-state index in [1.54, 1.807) is 18.3 Å². The van der Waals surface area contributed by atoms with E-state index < -0.39 is 55.9 Å². The average Bonchev–Trinajstić information content (AvgIpc) is 3.67. The molecule has 1 saturated heterocycles. The number of sulfone groups is 1. The van der Waals surface area contributed by atoms with Gasteiger partial charge in [-0.15, -0.1) is 11.3 Å². The smallest absolute Gasteiger partial charge is 0.417 e. The molecule has 0 saturated carbocycles. The van der Waals surface area contributed by atoms with Crippen LogP contribution in [0.3, 0.4) is 0 Å². The van der Waals surface area contributed by atoms with E-state index in [9.17, 15) is 36.4 Å². The number of hydroxylamine groups is 1. The molecule has 2 aromatic carbocycles. The number of aromatic nitrogens is 1. The van der Waals surface area contributed by atoms with Gasteiger partial charge in [0.25, 0.3) is 5.91 Å². The molecule has 1 unspecified atom stereocenters. The molecule has 1 aliphatic rings. The maximum atomic E-state index is 13.8. The van der Waals surface area contributed by atoms with Crippen molar-refractivity contribution in [3.8, 4) is 21.8 Å². The fourth-order valence-corrected chi connectivity index (χ4v) is 8.66. The van der Waals surface area contributed by atoms with E-state index >= 15 is 0 Å².